The first-order valence-corrected chi connectivity index (χ1v) is 15.1. The van der Waals surface area contributed by atoms with E-state index in [-0.39, 0.29) is 0 Å². The van der Waals surface area contributed by atoms with Crippen LogP contribution in [0.3, 0.4) is 0 Å². The number of rotatable bonds is 9. The van der Waals surface area contributed by atoms with Crippen LogP contribution in [-0.4, -0.2) is 27.3 Å². The van der Waals surface area contributed by atoms with Crippen molar-refractivity contribution in [3.8, 4) is 22.6 Å². The lowest BCUT2D eigenvalue weighted by molar-refractivity contribution is 0.0601. The highest BCUT2D eigenvalue weighted by molar-refractivity contribution is 7.95. The largest absolute Gasteiger partial charge is 0.497 e. The molecular weight excluding hydrogens is 515 g/mol. The zero-order chi connectivity index (χ0) is 28.0. The van der Waals surface area contributed by atoms with Gasteiger partial charge < -0.3 is 14.2 Å². The average molecular weight is 548 g/mol. The fraction of sp³-hybridized carbons (Fsp3) is 0.114. The number of carbonyl (C=O) groups excluding carboxylic acids is 1. The van der Waals surface area contributed by atoms with E-state index in [4.69, 9.17) is 14.2 Å². The maximum absolute atomic E-state index is 12.7. The molecule has 0 fully saturated rings. The van der Waals surface area contributed by atoms with Crippen molar-refractivity contribution >= 4 is 29.1 Å². The van der Waals surface area contributed by atoms with Crippen LogP contribution in [0, 0.1) is 0 Å². The Hall–Kier alpha value is -4.40. The first kappa shape index (κ1) is 27.2. The van der Waals surface area contributed by atoms with Gasteiger partial charge in [0.1, 0.15) is 34.7 Å². The van der Waals surface area contributed by atoms with Crippen molar-refractivity contribution < 1.29 is 19.0 Å². The molecule has 0 N–H and O–H groups in total. The van der Waals surface area contributed by atoms with Gasteiger partial charge in [0, 0.05) is 11.1 Å². The fourth-order valence-corrected chi connectivity index (χ4v) is 9.49. The fourth-order valence-electron chi connectivity index (χ4n) is 5.26. The molecule has 0 bridgehead atoms. The van der Waals surface area contributed by atoms with Crippen LogP contribution in [0.2, 0.25) is 0 Å². The highest BCUT2D eigenvalue weighted by Gasteiger charge is 2.45. The number of hydrogen-bond acceptors (Lipinski definition) is 4. The molecule has 0 saturated carbocycles. The van der Waals surface area contributed by atoms with Crippen LogP contribution in [0.25, 0.3) is 11.1 Å². The minimum atomic E-state index is -2.08. The van der Waals surface area contributed by atoms with E-state index in [0.29, 0.717) is 17.1 Å². The summed E-state index contributed by atoms with van der Waals surface area (Å²) in [6.45, 7) is 0. The second-order valence-corrected chi connectivity index (χ2v) is 12.9. The number of methoxy groups -OCH3 is 3. The van der Waals surface area contributed by atoms with E-state index in [9.17, 15) is 4.79 Å². The van der Waals surface area contributed by atoms with E-state index in [1.54, 1.807) is 20.3 Å². The molecule has 0 spiro atoms. The van der Waals surface area contributed by atoms with Gasteiger partial charge in [-0.25, -0.2) is 4.79 Å². The smallest absolute Gasteiger partial charge is 0.338 e. The van der Waals surface area contributed by atoms with Crippen LogP contribution < -0.4 is 25.4 Å². The van der Waals surface area contributed by atoms with Gasteiger partial charge in [-0.2, -0.15) is 0 Å². The number of benzene rings is 5. The summed E-state index contributed by atoms with van der Waals surface area (Å²) in [5.41, 5.74) is 3.12. The summed E-state index contributed by atoms with van der Waals surface area (Å²) in [5, 5.41) is 3.95. The third-order valence-electron chi connectivity index (χ3n) is 7.20. The molecule has 5 heteroatoms. The molecule has 5 rings (SSSR count). The first-order valence-electron chi connectivity index (χ1n) is 13.1. The van der Waals surface area contributed by atoms with E-state index in [2.05, 4.69) is 103 Å². The van der Waals surface area contributed by atoms with Crippen molar-refractivity contribution in [2.45, 2.75) is 6.16 Å². The van der Waals surface area contributed by atoms with Crippen LogP contribution in [0.1, 0.15) is 15.9 Å². The van der Waals surface area contributed by atoms with Crippen molar-refractivity contribution in [1.82, 2.24) is 0 Å². The minimum absolute atomic E-state index is 0.424. The van der Waals surface area contributed by atoms with Crippen molar-refractivity contribution in [3.63, 3.8) is 0 Å². The molecule has 0 saturated heterocycles. The predicted molar refractivity (Wildman–Crippen MR) is 165 cm³/mol. The van der Waals surface area contributed by atoms with Gasteiger partial charge in [-0.15, -0.1) is 0 Å². The topological polar surface area (TPSA) is 44.8 Å². The molecular formula is C35H32O4P+. The number of carbonyl (C=O) groups is 1. The van der Waals surface area contributed by atoms with Crippen molar-refractivity contribution in [1.29, 1.82) is 0 Å². The van der Waals surface area contributed by atoms with Crippen molar-refractivity contribution in [3.05, 3.63) is 139 Å². The lowest BCUT2D eigenvalue weighted by atomic mass is 9.97. The van der Waals surface area contributed by atoms with Gasteiger partial charge in [0.15, 0.2) is 0 Å². The standard InChI is InChI=1S/C35H32O4P/c1-37-27-20-22-31(33(24-27)35(36)39-3)32-21-19-26(23-34(32)38-2)25-40(28-13-7-4-8-14-28,29-15-9-5-10-16-29)30-17-11-6-12-18-30/h4-24H,25H2,1-3H3/q+1. The molecule has 0 unspecified atom stereocenters. The summed E-state index contributed by atoms with van der Waals surface area (Å²) >= 11 is 0. The van der Waals surface area contributed by atoms with Gasteiger partial charge >= 0.3 is 5.97 Å². The van der Waals surface area contributed by atoms with Crippen molar-refractivity contribution in [2.75, 3.05) is 21.3 Å². The molecule has 0 aromatic heterocycles. The molecule has 4 nitrogen and oxygen atoms in total. The number of esters is 1. The zero-order valence-electron chi connectivity index (χ0n) is 22.9. The van der Waals surface area contributed by atoms with Gasteiger partial charge in [-0.05, 0) is 66.2 Å². The van der Waals surface area contributed by atoms with Gasteiger partial charge in [-0.1, -0.05) is 66.7 Å². The van der Waals surface area contributed by atoms with E-state index < -0.39 is 13.2 Å². The summed E-state index contributed by atoms with van der Waals surface area (Å²) in [7, 11) is 2.54. The Morgan fingerprint density at radius 1 is 0.600 bits per heavy atom. The molecule has 5 aromatic carbocycles. The van der Waals surface area contributed by atoms with Crippen LogP contribution in [0.5, 0.6) is 11.5 Å². The van der Waals surface area contributed by atoms with E-state index in [1.807, 2.05) is 18.2 Å². The van der Waals surface area contributed by atoms with Crippen molar-refractivity contribution in [2.24, 2.45) is 0 Å². The highest BCUT2D eigenvalue weighted by Crippen LogP contribution is 2.58. The maximum atomic E-state index is 12.7. The Kier molecular flexibility index (Phi) is 8.28. The quantitative estimate of drug-likeness (QED) is 0.153. The molecule has 0 aliphatic rings. The maximum Gasteiger partial charge on any atom is 0.338 e. The Labute approximate surface area is 236 Å². The Morgan fingerprint density at radius 2 is 1.12 bits per heavy atom. The summed E-state index contributed by atoms with van der Waals surface area (Å²) in [5.74, 6) is 0.852. The minimum Gasteiger partial charge on any atom is -0.497 e. The summed E-state index contributed by atoms with van der Waals surface area (Å²) in [6.07, 6.45) is 0.814. The second kappa shape index (κ2) is 12.2. The van der Waals surface area contributed by atoms with E-state index >= 15 is 0 Å². The average Bonchev–Trinajstić information content (AvgIpc) is 3.04. The van der Waals surface area contributed by atoms with Gasteiger partial charge in [0.2, 0.25) is 0 Å². The van der Waals surface area contributed by atoms with E-state index in [0.717, 1.165) is 22.9 Å². The third kappa shape index (κ3) is 5.23. The molecule has 0 heterocycles. The molecule has 0 atom stereocenters. The van der Waals surface area contributed by atoms with Gasteiger partial charge in [0.05, 0.1) is 33.1 Å². The molecule has 0 aliphatic carbocycles. The highest BCUT2D eigenvalue weighted by atomic mass is 31.2. The van der Waals surface area contributed by atoms with Crippen LogP contribution in [0.15, 0.2) is 127 Å². The Morgan fingerprint density at radius 3 is 1.60 bits per heavy atom. The van der Waals surface area contributed by atoms with Gasteiger partial charge in [-0.3, -0.25) is 0 Å². The summed E-state index contributed by atoms with van der Waals surface area (Å²) in [4.78, 5) is 12.7. The lowest BCUT2D eigenvalue weighted by Gasteiger charge is -2.28. The first-order chi connectivity index (χ1) is 19.6. The van der Waals surface area contributed by atoms with Crippen LogP contribution >= 0.6 is 7.26 Å². The third-order valence-corrected chi connectivity index (χ3v) is 11.6. The molecule has 0 amide bonds. The number of hydrogen-bond donors (Lipinski definition) is 0. The van der Waals surface area contributed by atoms with E-state index in [1.165, 1.54) is 23.0 Å². The second-order valence-electron chi connectivity index (χ2n) is 9.41. The van der Waals surface area contributed by atoms with Gasteiger partial charge in [0.25, 0.3) is 0 Å². The predicted octanol–water partition coefficient (Wildman–Crippen LogP) is 6.65. The van der Waals surface area contributed by atoms with Crippen LogP contribution in [0.4, 0.5) is 0 Å². The zero-order valence-corrected chi connectivity index (χ0v) is 23.8. The molecule has 0 radical (unpaired) electrons. The summed E-state index contributed by atoms with van der Waals surface area (Å²) < 4.78 is 16.4. The normalized spacial score (nSPS) is 11.1. The number of ether oxygens (including phenoxy) is 3. The molecule has 0 aliphatic heterocycles. The molecule has 5 aromatic rings. The Balaban J connectivity index is 1.68. The molecule has 40 heavy (non-hydrogen) atoms. The lowest BCUT2D eigenvalue weighted by Crippen LogP contribution is -2.32. The SMILES string of the molecule is COC(=O)c1cc(OC)ccc1-c1ccc(C[P+](c2ccccc2)(c2ccccc2)c2ccccc2)cc1OC. The van der Waals surface area contributed by atoms with Crippen LogP contribution in [-0.2, 0) is 10.9 Å². The molecule has 200 valence electrons. The summed E-state index contributed by atoms with van der Waals surface area (Å²) in [6, 6.07) is 44.1. The monoisotopic (exact) mass is 547 g/mol. The Bertz CT molecular complexity index is 1490.